The van der Waals surface area contributed by atoms with Crippen LogP contribution in [0.15, 0.2) is 45.8 Å². The lowest BCUT2D eigenvalue weighted by Gasteiger charge is -2.15. The maximum Gasteiger partial charge on any atom is 0.200 e. The number of aromatic hydroxyl groups is 1. The van der Waals surface area contributed by atoms with E-state index in [-0.39, 0.29) is 11.2 Å². The number of phenols is 1. The zero-order chi connectivity index (χ0) is 18.1. The molecule has 5 heteroatoms. The Morgan fingerprint density at radius 2 is 1.88 bits per heavy atom. The molecule has 0 aliphatic carbocycles. The largest absolute Gasteiger partial charge is 0.507 e. The van der Waals surface area contributed by atoms with Gasteiger partial charge in [0.2, 0.25) is 5.43 Å². The van der Waals surface area contributed by atoms with Gasteiger partial charge in [0.15, 0.2) is 0 Å². The molecule has 0 fully saturated rings. The number of aryl methyl sites for hydroxylation is 1. The summed E-state index contributed by atoms with van der Waals surface area (Å²) in [6, 6.07) is 8.89. The summed E-state index contributed by atoms with van der Waals surface area (Å²) in [7, 11) is 5.39. The summed E-state index contributed by atoms with van der Waals surface area (Å²) in [5.74, 6) is 0.863. The second-order valence-electron chi connectivity index (χ2n) is 6.34. The number of hydrogen-bond donors (Lipinski definition) is 1. The molecule has 0 amide bonds. The minimum absolute atomic E-state index is 0.107. The highest BCUT2D eigenvalue weighted by atomic mass is 16.5. The van der Waals surface area contributed by atoms with Crippen LogP contribution in [0.25, 0.3) is 22.1 Å². The summed E-state index contributed by atoms with van der Waals surface area (Å²) in [5.41, 5.74) is 2.89. The standard InChI is InChI=1S/C20H21NO4/c1-12-9-17(22)15(10-21(2)3)20-18(12)19(23)16(11-25-20)13-5-7-14(24-4)8-6-13/h5-9,11,22H,10H2,1-4H3. The SMILES string of the molecule is COc1ccc(-c2coc3c(CN(C)C)c(O)cc(C)c3c2=O)cc1. The molecule has 0 saturated heterocycles. The van der Waals surface area contributed by atoms with Crippen LogP contribution in [0.4, 0.5) is 0 Å². The third-order valence-corrected chi connectivity index (χ3v) is 4.20. The summed E-state index contributed by atoms with van der Waals surface area (Å²) in [5, 5.41) is 10.8. The predicted octanol–water partition coefficient (Wildman–Crippen LogP) is 3.54. The van der Waals surface area contributed by atoms with Crippen molar-refractivity contribution in [3.8, 4) is 22.6 Å². The summed E-state index contributed by atoms with van der Waals surface area (Å²) in [6.07, 6.45) is 1.46. The first-order valence-electron chi connectivity index (χ1n) is 7.98. The molecule has 0 unspecified atom stereocenters. The van der Waals surface area contributed by atoms with Crippen molar-refractivity contribution in [2.75, 3.05) is 21.2 Å². The zero-order valence-electron chi connectivity index (χ0n) is 14.8. The lowest BCUT2D eigenvalue weighted by Crippen LogP contribution is -2.13. The van der Waals surface area contributed by atoms with Crippen molar-refractivity contribution in [3.05, 3.63) is 57.9 Å². The van der Waals surface area contributed by atoms with Crippen molar-refractivity contribution in [3.63, 3.8) is 0 Å². The first-order valence-corrected chi connectivity index (χ1v) is 7.98. The van der Waals surface area contributed by atoms with Crippen molar-refractivity contribution in [2.24, 2.45) is 0 Å². The molecule has 3 rings (SSSR count). The van der Waals surface area contributed by atoms with Gasteiger partial charge in [-0.05, 0) is 50.3 Å². The summed E-state index contributed by atoms with van der Waals surface area (Å²) < 4.78 is 11.0. The Hall–Kier alpha value is -2.79. The quantitative estimate of drug-likeness (QED) is 0.788. The van der Waals surface area contributed by atoms with Gasteiger partial charge in [-0.1, -0.05) is 12.1 Å². The van der Waals surface area contributed by atoms with Gasteiger partial charge in [0, 0.05) is 6.54 Å². The van der Waals surface area contributed by atoms with E-state index < -0.39 is 0 Å². The molecule has 0 bridgehead atoms. The zero-order valence-corrected chi connectivity index (χ0v) is 14.8. The molecule has 0 aliphatic heterocycles. The average Bonchev–Trinajstić information content (AvgIpc) is 2.58. The van der Waals surface area contributed by atoms with Crippen LogP contribution in [0.3, 0.4) is 0 Å². The summed E-state index contributed by atoms with van der Waals surface area (Å²) in [4.78, 5) is 15.0. The molecule has 3 aromatic rings. The molecule has 5 nitrogen and oxygen atoms in total. The molecule has 1 aromatic heterocycles. The van der Waals surface area contributed by atoms with Gasteiger partial charge in [0.1, 0.15) is 23.3 Å². The number of methoxy groups -OCH3 is 1. The average molecular weight is 339 g/mol. The van der Waals surface area contributed by atoms with Crippen molar-refractivity contribution >= 4 is 11.0 Å². The minimum atomic E-state index is -0.107. The van der Waals surface area contributed by atoms with Crippen molar-refractivity contribution in [1.29, 1.82) is 0 Å². The molecular weight excluding hydrogens is 318 g/mol. The van der Waals surface area contributed by atoms with Gasteiger partial charge in [-0.25, -0.2) is 0 Å². The Labute approximate surface area is 146 Å². The van der Waals surface area contributed by atoms with E-state index in [1.165, 1.54) is 6.26 Å². The lowest BCUT2D eigenvalue weighted by molar-refractivity contribution is 0.384. The van der Waals surface area contributed by atoms with E-state index in [0.717, 1.165) is 11.3 Å². The van der Waals surface area contributed by atoms with Crippen LogP contribution in [0.5, 0.6) is 11.5 Å². The van der Waals surface area contributed by atoms with Gasteiger partial charge in [-0.2, -0.15) is 0 Å². The Morgan fingerprint density at radius 1 is 1.20 bits per heavy atom. The van der Waals surface area contributed by atoms with Gasteiger partial charge in [0.05, 0.1) is 23.6 Å². The number of phenolic OH excluding ortho intramolecular Hbond substituents is 1. The van der Waals surface area contributed by atoms with Crippen LogP contribution in [0.2, 0.25) is 0 Å². The highest BCUT2D eigenvalue weighted by molar-refractivity contribution is 5.88. The maximum absolute atomic E-state index is 13.1. The molecule has 0 radical (unpaired) electrons. The van der Waals surface area contributed by atoms with Crippen LogP contribution in [0.1, 0.15) is 11.1 Å². The normalized spacial score (nSPS) is 11.2. The third kappa shape index (κ3) is 3.10. The van der Waals surface area contributed by atoms with Crippen molar-refractivity contribution in [1.82, 2.24) is 4.90 Å². The summed E-state index contributed by atoms with van der Waals surface area (Å²) >= 11 is 0. The van der Waals surface area contributed by atoms with Gasteiger partial charge in [-0.3, -0.25) is 4.79 Å². The van der Waals surface area contributed by atoms with Crippen molar-refractivity contribution < 1.29 is 14.3 Å². The van der Waals surface area contributed by atoms with E-state index in [0.29, 0.717) is 34.2 Å². The molecule has 0 spiro atoms. The first-order chi connectivity index (χ1) is 11.9. The van der Waals surface area contributed by atoms with Crippen LogP contribution >= 0.6 is 0 Å². The molecule has 1 heterocycles. The van der Waals surface area contributed by atoms with Crippen LogP contribution in [0, 0.1) is 6.92 Å². The van der Waals surface area contributed by atoms with Gasteiger partial charge in [0.25, 0.3) is 0 Å². The molecule has 130 valence electrons. The number of ether oxygens (including phenoxy) is 1. The number of hydrogen-bond acceptors (Lipinski definition) is 5. The summed E-state index contributed by atoms with van der Waals surface area (Å²) in [6.45, 7) is 2.28. The fourth-order valence-electron chi connectivity index (χ4n) is 2.97. The Bertz CT molecular complexity index is 972. The fraction of sp³-hybridized carbons (Fsp3) is 0.250. The predicted molar refractivity (Wildman–Crippen MR) is 98.3 cm³/mol. The molecule has 25 heavy (non-hydrogen) atoms. The third-order valence-electron chi connectivity index (χ3n) is 4.20. The monoisotopic (exact) mass is 339 g/mol. The van der Waals surface area contributed by atoms with Gasteiger partial charge >= 0.3 is 0 Å². The number of benzene rings is 2. The first kappa shape index (κ1) is 17.0. The maximum atomic E-state index is 13.1. The van der Waals surface area contributed by atoms with Crippen molar-refractivity contribution in [2.45, 2.75) is 13.5 Å². The topological polar surface area (TPSA) is 62.9 Å². The number of rotatable bonds is 4. The molecule has 0 saturated carbocycles. The van der Waals surface area contributed by atoms with Gasteiger partial charge in [-0.15, -0.1) is 0 Å². The molecule has 0 aliphatic rings. The van der Waals surface area contributed by atoms with Crippen LogP contribution < -0.4 is 10.2 Å². The number of fused-ring (bicyclic) bond motifs is 1. The Kier molecular flexibility index (Phi) is 4.51. The van der Waals surface area contributed by atoms with E-state index in [9.17, 15) is 9.90 Å². The molecular formula is C20H21NO4. The van der Waals surface area contributed by atoms with E-state index in [1.54, 1.807) is 32.2 Å². The molecule has 2 aromatic carbocycles. The van der Waals surface area contributed by atoms with E-state index >= 15 is 0 Å². The molecule has 1 N–H and O–H groups in total. The van der Waals surface area contributed by atoms with Crippen LogP contribution in [-0.4, -0.2) is 31.2 Å². The molecule has 0 atom stereocenters. The second kappa shape index (κ2) is 6.61. The number of nitrogens with zero attached hydrogens (tertiary/aromatic N) is 1. The highest BCUT2D eigenvalue weighted by Crippen LogP contribution is 2.31. The van der Waals surface area contributed by atoms with E-state index in [4.69, 9.17) is 9.15 Å². The van der Waals surface area contributed by atoms with Crippen LogP contribution in [-0.2, 0) is 6.54 Å². The fourth-order valence-corrected chi connectivity index (χ4v) is 2.97. The Morgan fingerprint density at radius 3 is 2.48 bits per heavy atom. The smallest absolute Gasteiger partial charge is 0.200 e. The van der Waals surface area contributed by atoms with E-state index in [1.807, 2.05) is 31.1 Å². The van der Waals surface area contributed by atoms with Gasteiger partial charge < -0.3 is 19.2 Å². The Balaban J connectivity index is 2.24. The second-order valence-corrected chi connectivity index (χ2v) is 6.34. The highest BCUT2D eigenvalue weighted by Gasteiger charge is 2.18. The van der Waals surface area contributed by atoms with E-state index in [2.05, 4.69) is 0 Å². The lowest BCUT2D eigenvalue weighted by atomic mass is 10.00. The minimum Gasteiger partial charge on any atom is -0.507 e.